The molecule has 1 fully saturated rings. The van der Waals surface area contributed by atoms with Gasteiger partial charge in [-0.3, -0.25) is 4.79 Å². The summed E-state index contributed by atoms with van der Waals surface area (Å²) in [5.41, 5.74) is 5.26. The lowest BCUT2D eigenvalue weighted by molar-refractivity contribution is -0.143. The van der Waals surface area contributed by atoms with Crippen molar-refractivity contribution in [2.75, 3.05) is 7.11 Å². The first-order valence-electron chi connectivity index (χ1n) is 4.71. The standard InChI is InChI=1S/C11H12FNO2/c1-15-10(14)11(13)6-8(11)7-4-2-3-5-9(7)12/h2-5,8H,6,13H2,1H3. The number of carbonyl (C=O) groups excluding carboxylic acids is 1. The number of methoxy groups -OCH3 is 1. The predicted octanol–water partition coefficient (Wildman–Crippen LogP) is 1.18. The zero-order valence-corrected chi connectivity index (χ0v) is 8.37. The van der Waals surface area contributed by atoms with Gasteiger partial charge in [-0.1, -0.05) is 18.2 Å². The van der Waals surface area contributed by atoms with Gasteiger partial charge in [0.1, 0.15) is 11.4 Å². The van der Waals surface area contributed by atoms with Crippen LogP contribution in [-0.2, 0) is 9.53 Å². The maximum Gasteiger partial charge on any atom is 0.326 e. The van der Waals surface area contributed by atoms with Gasteiger partial charge in [-0.15, -0.1) is 0 Å². The number of rotatable bonds is 2. The third-order valence-corrected chi connectivity index (χ3v) is 2.85. The summed E-state index contributed by atoms with van der Waals surface area (Å²) < 4.78 is 18.0. The van der Waals surface area contributed by atoms with E-state index in [0.29, 0.717) is 12.0 Å². The van der Waals surface area contributed by atoms with Gasteiger partial charge in [-0.2, -0.15) is 0 Å². The Kier molecular flexibility index (Phi) is 2.23. The molecule has 0 saturated heterocycles. The first-order valence-corrected chi connectivity index (χ1v) is 4.71. The van der Waals surface area contributed by atoms with E-state index in [2.05, 4.69) is 4.74 Å². The van der Waals surface area contributed by atoms with E-state index in [4.69, 9.17) is 5.73 Å². The van der Waals surface area contributed by atoms with E-state index in [1.807, 2.05) is 0 Å². The first kappa shape index (κ1) is 10.1. The molecule has 2 rings (SSSR count). The molecule has 2 atom stereocenters. The average Bonchev–Trinajstić information content (AvgIpc) is 2.91. The van der Waals surface area contributed by atoms with E-state index < -0.39 is 11.5 Å². The van der Waals surface area contributed by atoms with E-state index >= 15 is 0 Å². The number of nitrogens with two attached hydrogens (primary N) is 1. The molecule has 1 aliphatic rings. The van der Waals surface area contributed by atoms with Gasteiger partial charge < -0.3 is 10.5 Å². The van der Waals surface area contributed by atoms with Gasteiger partial charge in [-0.05, 0) is 18.1 Å². The first-order chi connectivity index (χ1) is 7.09. The fourth-order valence-electron chi connectivity index (χ4n) is 1.84. The van der Waals surface area contributed by atoms with Crippen LogP contribution in [0.15, 0.2) is 24.3 Å². The van der Waals surface area contributed by atoms with Crippen LogP contribution in [0.2, 0.25) is 0 Å². The second-order valence-electron chi connectivity index (χ2n) is 3.81. The molecule has 3 nitrogen and oxygen atoms in total. The Hall–Kier alpha value is -1.42. The van der Waals surface area contributed by atoms with Gasteiger partial charge in [0, 0.05) is 5.92 Å². The van der Waals surface area contributed by atoms with E-state index in [1.165, 1.54) is 13.2 Å². The molecule has 1 aromatic carbocycles. The summed E-state index contributed by atoms with van der Waals surface area (Å²) in [6.45, 7) is 0. The van der Waals surface area contributed by atoms with Crippen LogP contribution in [0.25, 0.3) is 0 Å². The van der Waals surface area contributed by atoms with Crippen LogP contribution in [0.3, 0.4) is 0 Å². The highest BCUT2D eigenvalue weighted by Crippen LogP contribution is 2.50. The molecule has 2 unspecified atom stereocenters. The fourth-order valence-corrected chi connectivity index (χ4v) is 1.84. The van der Waals surface area contributed by atoms with Crippen LogP contribution in [0, 0.1) is 5.82 Å². The lowest BCUT2D eigenvalue weighted by Gasteiger charge is -2.09. The minimum atomic E-state index is -1.03. The molecule has 4 heteroatoms. The molecule has 2 N–H and O–H groups in total. The van der Waals surface area contributed by atoms with Gasteiger partial charge in [0.15, 0.2) is 0 Å². The summed E-state index contributed by atoms with van der Waals surface area (Å²) in [5.74, 6) is -1.05. The highest BCUT2D eigenvalue weighted by molar-refractivity contribution is 5.86. The average molecular weight is 209 g/mol. The smallest absolute Gasteiger partial charge is 0.326 e. The summed E-state index contributed by atoms with van der Waals surface area (Å²) in [7, 11) is 1.29. The van der Waals surface area contributed by atoms with Crippen LogP contribution >= 0.6 is 0 Å². The van der Waals surface area contributed by atoms with Crippen molar-refractivity contribution in [2.45, 2.75) is 17.9 Å². The molecule has 0 amide bonds. The zero-order valence-electron chi connectivity index (χ0n) is 8.37. The maximum absolute atomic E-state index is 13.4. The molecule has 1 aliphatic carbocycles. The molecule has 0 radical (unpaired) electrons. The maximum atomic E-state index is 13.4. The van der Waals surface area contributed by atoms with Crippen molar-refractivity contribution in [1.82, 2.24) is 0 Å². The van der Waals surface area contributed by atoms with Crippen LogP contribution in [-0.4, -0.2) is 18.6 Å². The van der Waals surface area contributed by atoms with Gasteiger partial charge in [0.2, 0.25) is 0 Å². The molecule has 1 saturated carbocycles. The topological polar surface area (TPSA) is 52.3 Å². The van der Waals surface area contributed by atoms with Crippen molar-refractivity contribution in [2.24, 2.45) is 5.73 Å². The van der Waals surface area contributed by atoms with Crippen LogP contribution in [0.1, 0.15) is 17.9 Å². The number of ether oxygens (including phenoxy) is 1. The van der Waals surface area contributed by atoms with E-state index in [9.17, 15) is 9.18 Å². The second-order valence-corrected chi connectivity index (χ2v) is 3.81. The number of esters is 1. The molecule has 0 heterocycles. The molecule has 0 aromatic heterocycles. The Morgan fingerprint density at radius 3 is 2.87 bits per heavy atom. The van der Waals surface area contributed by atoms with Gasteiger partial charge >= 0.3 is 5.97 Å². The Morgan fingerprint density at radius 1 is 1.60 bits per heavy atom. The number of hydrogen-bond donors (Lipinski definition) is 1. The van der Waals surface area contributed by atoms with E-state index in [1.54, 1.807) is 18.2 Å². The third kappa shape index (κ3) is 1.51. The minimum absolute atomic E-state index is 0.258. The minimum Gasteiger partial charge on any atom is -0.468 e. The fraction of sp³-hybridized carbons (Fsp3) is 0.364. The SMILES string of the molecule is COC(=O)C1(N)CC1c1ccccc1F. The van der Waals surface area contributed by atoms with Crippen molar-refractivity contribution in [3.8, 4) is 0 Å². The van der Waals surface area contributed by atoms with Gasteiger partial charge in [0.05, 0.1) is 7.11 Å². The lowest BCUT2D eigenvalue weighted by atomic mass is 10.1. The van der Waals surface area contributed by atoms with Crippen LogP contribution in [0.4, 0.5) is 4.39 Å². The Morgan fingerprint density at radius 2 is 2.27 bits per heavy atom. The normalized spacial score (nSPS) is 28.6. The summed E-state index contributed by atoms with van der Waals surface area (Å²) in [4.78, 5) is 11.3. The van der Waals surface area contributed by atoms with Crippen molar-refractivity contribution < 1.29 is 13.9 Å². The molecule has 0 spiro atoms. The summed E-state index contributed by atoms with van der Waals surface area (Å²) in [6, 6.07) is 6.36. The number of carbonyl (C=O) groups is 1. The molecule has 15 heavy (non-hydrogen) atoms. The molecular formula is C11H12FNO2. The Bertz CT molecular complexity index is 407. The number of benzene rings is 1. The summed E-state index contributed by atoms with van der Waals surface area (Å²) in [6.07, 6.45) is 0.445. The zero-order chi connectivity index (χ0) is 11.1. The van der Waals surface area contributed by atoms with Crippen molar-refractivity contribution in [3.05, 3.63) is 35.6 Å². The third-order valence-electron chi connectivity index (χ3n) is 2.85. The molecular weight excluding hydrogens is 197 g/mol. The molecule has 80 valence electrons. The van der Waals surface area contributed by atoms with Gasteiger partial charge in [0.25, 0.3) is 0 Å². The van der Waals surface area contributed by atoms with Crippen molar-refractivity contribution in [1.29, 1.82) is 0 Å². The molecule has 0 bridgehead atoms. The summed E-state index contributed by atoms with van der Waals surface area (Å²) in [5, 5.41) is 0. The molecule has 0 aliphatic heterocycles. The lowest BCUT2D eigenvalue weighted by Crippen LogP contribution is -2.36. The largest absolute Gasteiger partial charge is 0.468 e. The second kappa shape index (κ2) is 3.31. The summed E-state index contributed by atoms with van der Waals surface area (Å²) >= 11 is 0. The quantitative estimate of drug-likeness (QED) is 0.744. The van der Waals surface area contributed by atoms with Gasteiger partial charge in [-0.25, -0.2) is 4.39 Å². The predicted molar refractivity (Wildman–Crippen MR) is 52.7 cm³/mol. The number of hydrogen-bond acceptors (Lipinski definition) is 3. The highest BCUT2D eigenvalue weighted by Gasteiger charge is 2.59. The Balaban J connectivity index is 2.24. The monoisotopic (exact) mass is 209 g/mol. The Labute approximate surface area is 87.0 Å². The van der Waals surface area contributed by atoms with Crippen molar-refractivity contribution >= 4 is 5.97 Å². The van der Waals surface area contributed by atoms with E-state index in [-0.39, 0.29) is 11.7 Å². The van der Waals surface area contributed by atoms with Crippen molar-refractivity contribution in [3.63, 3.8) is 0 Å². The molecule has 1 aromatic rings. The van der Waals surface area contributed by atoms with E-state index in [0.717, 1.165) is 0 Å². The highest BCUT2D eigenvalue weighted by atomic mass is 19.1. The van der Waals surface area contributed by atoms with Crippen LogP contribution in [0.5, 0.6) is 0 Å². The number of halogens is 1. The van der Waals surface area contributed by atoms with Crippen LogP contribution < -0.4 is 5.73 Å².